The highest BCUT2D eigenvalue weighted by atomic mass is 19.1. The van der Waals surface area contributed by atoms with Gasteiger partial charge in [0.2, 0.25) is 5.91 Å². The highest BCUT2D eigenvalue weighted by Crippen LogP contribution is 2.31. The summed E-state index contributed by atoms with van der Waals surface area (Å²) in [6, 6.07) is 12.9. The van der Waals surface area contributed by atoms with Gasteiger partial charge in [0.25, 0.3) is 0 Å². The maximum Gasteiger partial charge on any atom is 0.225 e. The van der Waals surface area contributed by atoms with E-state index in [0.717, 1.165) is 50.2 Å². The predicted molar refractivity (Wildman–Crippen MR) is 104 cm³/mol. The van der Waals surface area contributed by atoms with Crippen molar-refractivity contribution in [1.82, 2.24) is 9.88 Å². The zero-order valence-electron chi connectivity index (χ0n) is 15.7. The van der Waals surface area contributed by atoms with Crippen molar-refractivity contribution in [2.75, 3.05) is 13.1 Å². The number of aromatic nitrogens is 1. The Labute approximate surface area is 160 Å². The number of rotatable bonds is 4. The Morgan fingerprint density at radius 2 is 1.85 bits per heavy atom. The van der Waals surface area contributed by atoms with Crippen molar-refractivity contribution in [3.63, 3.8) is 0 Å². The van der Waals surface area contributed by atoms with Gasteiger partial charge < -0.3 is 4.90 Å². The van der Waals surface area contributed by atoms with Crippen molar-refractivity contribution in [2.24, 2.45) is 5.92 Å². The van der Waals surface area contributed by atoms with E-state index in [9.17, 15) is 9.18 Å². The summed E-state index contributed by atoms with van der Waals surface area (Å²) in [5.41, 5.74) is 2.59. The zero-order valence-corrected chi connectivity index (χ0v) is 15.7. The van der Waals surface area contributed by atoms with Crippen LogP contribution < -0.4 is 0 Å². The van der Waals surface area contributed by atoms with Crippen LogP contribution in [-0.2, 0) is 11.2 Å². The monoisotopic (exact) mass is 366 g/mol. The number of pyridine rings is 1. The lowest BCUT2D eigenvalue weighted by atomic mass is 9.92. The standard InChI is InChI=1S/C23H27FN2O/c24-21-12-4-3-9-18(21)15-20-11-5-13-22(25-20)19-10-6-14-26(16-19)23(27)17-7-1-2-8-17/h3-5,9,11-13,17,19H,1-2,6-8,10,14-16H2/t19-/m0/s1. The van der Waals surface area contributed by atoms with Gasteiger partial charge in [-0.3, -0.25) is 9.78 Å². The Kier molecular flexibility index (Phi) is 5.51. The summed E-state index contributed by atoms with van der Waals surface area (Å²) < 4.78 is 13.9. The van der Waals surface area contributed by atoms with Crippen molar-refractivity contribution in [3.8, 4) is 0 Å². The molecule has 1 aliphatic heterocycles. The van der Waals surface area contributed by atoms with E-state index in [1.807, 2.05) is 24.3 Å². The van der Waals surface area contributed by atoms with Crippen LogP contribution in [0, 0.1) is 11.7 Å². The van der Waals surface area contributed by atoms with Crippen LogP contribution in [0.2, 0.25) is 0 Å². The largest absolute Gasteiger partial charge is 0.342 e. The number of carbonyl (C=O) groups excluding carboxylic acids is 1. The number of piperidine rings is 1. The van der Waals surface area contributed by atoms with Crippen molar-refractivity contribution in [3.05, 3.63) is 65.2 Å². The van der Waals surface area contributed by atoms with E-state index in [1.54, 1.807) is 6.07 Å². The van der Waals surface area contributed by atoms with Gasteiger partial charge in [0, 0.05) is 42.7 Å². The van der Waals surface area contributed by atoms with Crippen LogP contribution in [0.25, 0.3) is 0 Å². The first-order chi connectivity index (χ1) is 13.2. The van der Waals surface area contributed by atoms with E-state index in [-0.39, 0.29) is 17.7 Å². The van der Waals surface area contributed by atoms with Crippen LogP contribution in [0.1, 0.15) is 61.4 Å². The zero-order chi connectivity index (χ0) is 18.6. The molecule has 1 aliphatic carbocycles. The molecule has 2 aliphatic rings. The molecule has 142 valence electrons. The second-order valence-electron chi connectivity index (χ2n) is 7.93. The smallest absolute Gasteiger partial charge is 0.225 e. The molecule has 1 amide bonds. The molecule has 0 spiro atoms. The van der Waals surface area contributed by atoms with E-state index in [4.69, 9.17) is 4.98 Å². The van der Waals surface area contributed by atoms with Crippen LogP contribution >= 0.6 is 0 Å². The molecule has 4 heteroatoms. The molecule has 3 nitrogen and oxygen atoms in total. The van der Waals surface area contributed by atoms with Gasteiger partial charge in [-0.05, 0) is 49.4 Å². The quantitative estimate of drug-likeness (QED) is 0.785. The van der Waals surface area contributed by atoms with Gasteiger partial charge in [0.1, 0.15) is 5.82 Å². The van der Waals surface area contributed by atoms with Crippen LogP contribution in [0.4, 0.5) is 4.39 Å². The van der Waals surface area contributed by atoms with E-state index >= 15 is 0 Å². The van der Waals surface area contributed by atoms with E-state index in [2.05, 4.69) is 11.0 Å². The second kappa shape index (κ2) is 8.20. The maximum absolute atomic E-state index is 13.9. The molecule has 2 aromatic rings. The lowest BCUT2D eigenvalue weighted by Crippen LogP contribution is -2.42. The summed E-state index contributed by atoms with van der Waals surface area (Å²) in [6.07, 6.45) is 7.07. The van der Waals surface area contributed by atoms with Gasteiger partial charge in [-0.15, -0.1) is 0 Å². The Bertz CT molecular complexity index is 800. The summed E-state index contributed by atoms with van der Waals surface area (Å²) in [4.78, 5) is 19.7. The number of carbonyl (C=O) groups is 1. The SMILES string of the molecule is O=C(C1CCCC1)N1CCC[C@H](c2cccc(Cc3ccccc3F)n2)C1. The average molecular weight is 366 g/mol. The summed E-state index contributed by atoms with van der Waals surface area (Å²) >= 11 is 0. The van der Waals surface area contributed by atoms with E-state index < -0.39 is 0 Å². The van der Waals surface area contributed by atoms with Crippen molar-refractivity contribution >= 4 is 5.91 Å². The highest BCUT2D eigenvalue weighted by Gasteiger charge is 2.31. The van der Waals surface area contributed by atoms with Crippen molar-refractivity contribution < 1.29 is 9.18 Å². The minimum atomic E-state index is -0.185. The van der Waals surface area contributed by atoms with E-state index in [0.29, 0.717) is 17.9 Å². The van der Waals surface area contributed by atoms with Gasteiger partial charge in [-0.25, -0.2) is 4.39 Å². The first-order valence-electron chi connectivity index (χ1n) is 10.2. The highest BCUT2D eigenvalue weighted by molar-refractivity contribution is 5.79. The molecule has 0 N–H and O–H groups in total. The molecule has 1 atom stereocenters. The lowest BCUT2D eigenvalue weighted by Gasteiger charge is -2.34. The Morgan fingerprint density at radius 1 is 1.04 bits per heavy atom. The fourth-order valence-electron chi connectivity index (χ4n) is 4.51. The third-order valence-corrected chi connectivity index (χ3v) is 6.01. The molecule has 0 bridgehead atoms. The Morgan fingerprint density at radius 3 is 2.67 bits per heavy atom. The Balaban J connectivity index is 1.46. The van der Waals surface area contributed by atoms with Gasteiger partial charge in [0.05, 0.1) is 0 Å². The molecule has 2 fully saturated rings. The number of hydrogen-bond donors (Lipinski definition) is 0. The number of benzene rings is 1. The molecule has 0 unspecified atom stereocenters. The summed E-state index contributed by atoms with van der Waals surface area (Å²) in [6.45, 7) is 1.65. The molecule has 27 heavy (non-hydrogen) atoms. The van der Waals surface area contributed by atoms with Crippen molar-refractivity contribution in [1.29, 1.82) is 0 Å². The second-order valence-corrected chi connectivity index (χ2v) is 7.93. The fraction of sp³-hybridized carbons (Fsp3) is 0.478. The van der Waals surface area contributed by atoms with Crippen LogP contribution in [0.15, 0.2) is 42.5 Å². The number of amides is 1. The molecule has 2 heterocycles. The van der Waals surface area contributed by atoms with Crippen LogP contribution in [0.3, 0.4) is 0 Å². The molecular formula is C23H27FN2O. The predicted octanol–water partition coefficient (Wildman–Crippen LogP) is 4.71. The molecule has 1 saturated heterocycles. The Hall–Kier alpha value is -2.23. The third-order valence-electron chi connectivity index (χ3n) is 6.01. The minimum absolute atomic E-state index is 0.185. The van der Waals surface area contributed by atoms with E-state index in [1.165, 1.54) is 18.9 Å². The first kappa shape index (κ1) is 18.1. The molecule has 0 radical (unpaired) electrons. The minimum Gasteiger partial charge on any atom is -0.342 e. The number of hydrogen-bond acceptors (Lipinski definition) is 2. The summed E-state index contributed by atoms with van der Waals surface area (Å²) in [5, 5.41) is 0. The van der Waals surface area contributed by atoms with Gasteiger partial charge in [-0.2, -0.15) is 0 Å². The first-order valence-corrected chi connectivity index (χ1v) is 10.2. The topological polar surface area (TPSA) is 33.2 Å². The fourth-order valence-corrected chi connectivity index (χ4v) is 4.51. The van der Waals surface area contributed by atoms with Gasteiger partial charge >= 0.3 is 0 Å². The average Bonchev–Trinajstić information content (AvgIpc) is 3.24. The lowest BCUT2D eigenvalue weighted by molar-refractivity contribution is -0.136. The number of likely N-dealkylation sites (tertiary alicyclic amines) is 1. The van der Waals surface area contributed by atoms with Crippen LogP contribution in [0.5, 0.6) is 0 Å². The third kappa shape index (κ3) is 4.20. The number of nitrogens with zero attached hydrogens (tertiary/aromatic N) is 2. The van der Waals surface area contributed by atoms with Crippen molar-refractivity contribution in [2.45, 2.75) is 50.9 Å². The van der Waals surface area contributed by atoms with Gasteiger partial charge in [0.15, 0.2) is 0 Å². The summed E-state index contributed by atoms with van der Waals surface area (Å²) in [5.74, 6) is 0.684. The number of halogens is 1. The molecule has 4 rings (SSSR count). The summed E-state index contributed by atoms with van der Waals surface area (Å²) in [7, 11) is 0. The molecule has 1 aromatic heterocycles. The molecule has 1 saturated carbocycles. The maximum atomic E-state index is 13.9. The molecule has 1 aromatic carbocycles. The van der Waals surface area contributed by atoms with Gasteiger partial charge in [-0.1, -0.05) is 37.1 Å². The van der Waals surface area contributed by atoms with Crippen LogP contribution in [-0.4, -0.2) is 28.9 Å². The molecular weight excluding hydrogens is 339 g/mol. The normalized spacial score (nSPS) is 20.8.